The van der Waals surface area contributed by atoms with Gasteiger partial charge in [0.1, 0.15) is 0 Å². The van der Waals surface area contributed by atoms with Gasteiger partial charge in [0.25, 0.3) is 5.91 Å². The van der Waals surface area contributed by atoms with E-state index in [1.165, 1.54) is 0 Å². The molecule has 8 nitrogen and oxygen atoms in total. The fourth-order valence-electron chi connectivity index (χ4n) is 6.53. The number of aliphatic hydroxyl groups excluding tert-OH is 1. The number of hydrogen-bond donors (Lipinski definition) is 1. The number of ether oxygens (including phenoxy) is 1. The zero-order valence-corrected chi connectivity index (χ0v) is 21.1. The number of carbonyl (C=O) groups is 3. The number of amides is 3. The highest BCUT2D eigenvalue weighted by molar-refractivity contribution is 6.08. The molecule has 4 aliphatic rings. The topological polar surface area (TPSA) is 90.4 Å². The van der Waals surface area contributed by atoms with Crippen LogP contribution in [0.15, 0.2) is 48.5 Å². The zero-order valence-electron chi connectivity index (χ0n) is 21.1. The van der Waals surface area contributed by atoms with Crippen molar-refractivity contribution in [2.45, 2.75) is 63.3 Å². The molecule has 4 aliphatic heterocycles. The summed E-state index contributed by atoms with van der Waals surface area (Å²) in [6.07, 6.45) is 2.61. The number of carbonyl (C=O) groups excluding carboxylic acids is 3. The summed E-state index contributed by atoms with van der Waals surface area (Å²) in [5, 5.41) is 9.66. The minimum absolute atomic E-state index is 0.0301. The molecule has 4 heterocycles. The molecule has 1 N–H and O–H groups in total. The smallest absolute Gasteiger partial charge is 0.264 e. The second kappa shape index (κ2) is 9.26. The maximum Gasteiger partial charge on any atom is 0.264 e. The summed E-state index contributed by atoms with van der Waals surface area (Å²) in [5.41, 5.74) is 2.18. The molecule has 0 aliphatic carbocycles. The molecule has 194 valence electrons. The maximum absolute atomic E-state index is 14.2. The van der Waals surface area contributed by atoms with Crippen LogP contribution in [0.1, 0.15) is 50.2 Å². The van der Waals surface area contributed by atoms with Crippen molar-refractivity contribution in [3.05, 3.63) is 59.7 Å². The Hall–Kier alpha value is -3.23. The van der Waals surface area contributed by atoms with Crippen LogP contribution in [-0.2, 0) is 31.3 Å². The van der Waals surface area contributed by atoms with Crippen LogP contribution in [0, 0.1) is 5.92 Å². The number of likely N-dealkylation sites (tertiary alicyclic amines) is 1. The summed E-state index contributed by atoms with van der Waals surface area (Å²) in [4.78, 5) is 44.8. The van der Waals surface area contributed by atoms with Crippen LogP contribution in [0.3, 0.4) is 0 Å². The summed E-state index contributed by atoms with van der Waals surface area (Å²) in [7, 11) is 0. The first-order chi connectivity index (χ1) is 17.9. The first-order valence-electron chi connectivity index (χ1n) is 13.3. The highest BCUT2D eigenvalue weighted by Gasteiger charge is 2.60. The van der Waals surface area contributed by atoms with E-state index in [4.69, 9.17) is 4.74 Å². The molecule has 0 bridgehead atoms. The van der Waals surface area contributed by atoms with Crippen LogP contribution >= 0.6 is 0 Å². The Morgan fingerprint density at radius 1 is 1.14 bits per heavy atom. The quantitative estimate of drug-likeness (QED) is 0.613. The lowest BCUT2D eigenvalue weighted by Gasteiger charge is -2.32. The fraction of sp³-hybridized carbons (Fsp3) is 0.483. The second-order valence-corrected chi connectivity index (χ2v) is 10.8. The number of β-lactam (4-membered cyclic amide) rings is 1. The number of nitrogens with zero attached hydrogens (tertiary/aromatic N) is 3. The molecule has 0 radical (unpaired) electrons. The van der Waals surface area contributed by atoms with Crippen molar-refractivity contribution in [3.8, 4) is 0 Å². The van der Waals surface area contributed by atoms with E-state index in [0.717, 1.165) is 35.3 Å². The van der Waals surface area contributed by atoms with Gasteiger partial charge in [0.2, 0.25) is 11.8 Å². The van der Waals surface area contributed by atoms with Crippen molar-refractivity contribution in [2.24, 2.45) is 5.92 Å². The predicted octanol–water partition coefficient (Wildman–Crippen LogP) is 2.96. The molecule has 3 saturated heterocycles. The summed E-state index contributed by atoms with van der Waals surface area (Å²) in [6, 6.07) is 15.5. The number of benzene rings is 2. The van der Waals surface area contributed by atoms with Crippen LogP contribution < -0.4 is 9.80 Å². The number of hydrogen-bond acceptors (Lipinski definition) is 5. The molecule has 2 aromatic rings. The largest absolute Gasteiger partial charge is 0.394 e. The molecule has 0 saturated carbocycles. The lowest BCUT2D eigenvalue weighted by Crippen LogP contribution is -2.45. The molecule has 4 atom stereocenters. The minimum atomic E-state index is -1.19. The van der Waals surface area contributed by atoms with E-state index in [1.54, 1.807) is 14.7 Å². The van der Waals surface area contributed by atoms with Crippen molar-refractivity contribution in [2.75, 3.05) is 29.5 Å². The van der Waals surface area contributed by atoms with Gasteiger partial charge in [-0.1, -0.05) is 37.3 Å². The predicted molar refractivity (Wildman–Crippen MR) is 138 cm³/mol. The highest BCUT2D eigenvalue weighted by Crippen LogP contribution is 2.54. The van der Waals surface area contributed by atoms with Gasteiger partial charge in [-0.3, -0.25) is 14.4 Å². The van der Waals surface area contributed by atoms with Crippen molar-refractivity contribution < 1.29 is 24.2 Å². The standard InChI is InChI=1S/C29H33N3O5/c1-19-14-23(16-27(35)30-12-5-8-22(30)18-33)37-29(19)24-15-21(31-13-11-26(31)34)9-10-25(24)32(28(29)36)17-20-6-3-2-4-7-20/h2-4,6-7,9-10,15,19,22-23,33H,5,8,11-14,16-18H2,1H3/t19-,22-,23-,29+/m0/s1. The van der Waals surface area contributed by atoms with Gasteiger partial charge in [0.05, 0.1) is 37.4 Å². The monoisotopic (exact) mass is 503 g/mol. The Balaban J connectivity index is 1.33. The van der Waals surface area contributed by atoms with E-state index in [-0.39, 0.29) is 42.7 Å². The number of rotatable bonds is 6. The van der Waals surface area contributed by atoms with Crippen molar-refractivity contribution in [1.82, 2.24) is 4.90 Å². The minimum Gasteiger partial charge on any atom is -0.394 e. The molecular weight excluding hydrogens is 470 g/mol. The van der Waals surface area contributed by atoms with Crippen molar-refractivity contribution in [1.29, 1.82) is 0 Å². The molecule has 8 heteroatoms. The molecule has 6 rings (SSSR count). The number of anilines is 2. The summed E-state index contributed by atoms with van der Waals surface area (Å²) in [6.45, 7) is 3.73. The van der Waals surface area contributed by atoms with Gasteiger partial charge in [-0.15, -0.1) is 0 Å². The van der Waals surface area contributed by atoms with Crippen molar-refractivity contribution >= 4 is 29.1 Å². The van der Waals surface area contributed by atoms with Gasteiger partial charge in [-0.25, -0.2) is 0 Å². The first kappa shape index (κ1) is 24.1. The van der Waals surface area contributed by atoms with Gasteiger partial charge in [0.15, 0.2) is 5.60 Å². The Bertz CT molecular complexity index is 1230. The van der Waals surface area contributed by atoms with E-state index < -0.39 is 11.7 Å². The molecule has 0 aromatic heterocycles. The molecule has 1 spiro atoms. The average molecular weight is 504 g/mol. The Morgan fingerprint density at radius 2 is 1.95 bits per heavy atom. The van der Waals surface area contributed by atoms with Gasteiger partial charge >= 0.3 is 0 Å². The number of aliphatic hydroxyl groups is 1. The molecule has 3 fully saturated rings. The SMILES string of the molecule is C[C@H]1C[C@@H](CC(=O)N2CCC[C@H]2CO)O[C@]12C(=O)N(Cc1ccccc1)c1ccc(N3CCC3=O)cc12. The van der Waals surface area contributed by atoms with Crippen LogP contribution in [-0.4, -0.2) is 59.6 Å². The average Bonchev–Trinajstić information content (AvgIpc) is 3.56. The van der Waals surface area contributed by atoms with Gasteiger partial charge in [0, 0.05) is 36.7 Å². The van der Waals surface area contributed by atoms with Crippen molar-refractivity contribution in [3.63, 3.8) is 0 Å². The van der Waals surface area contributed by atoms with Crippen LogP contribution in [0.5, 0.6) is 0 Å². The zero-order chi connectivity index (χ0) is 25.7. The second-order valence-electron chi connectivity index (χ2n) is 10.8. The Kier molecular flexibility index (Phi) is 6.04. The lowest BCUT2D eigenvalue weighted by molar-refractivity contribution is -0.150. The van der Waals surface area contributed by atoms with E-state index in [1.807, 2.05) is 55.5 Å². The Labute approximate surface area is 216 Å². The van der Waals surface area contributed by atoms with E-state index in [2.05, 4.69) is 0 Å². The lowest BCUT2D eigenvalue weighted by atomic mass is 9.82. The van der Waals surface area contributed by atoms with Crippen LogP contribution in [0.2, 0.25) is 0 Å². The van der Waals surface area contributed by atoms with E-state index in [0.29, 0.717) is 32.5 Å². The number of fused-ring (bicyclic) bond motifs is 2. The molecular formula is C29H33N3O5. The normalized spacial score (nSPS) is 28.8. The molecule has 37 heavy (non-hydrogen) atoms. The van der Waals surface area contributed by atoms with Crippen LogP contribution in [0.4, 0.5) is 11.4 Å². The fourth-order valence-corrected chi connectivity index (χ4v) is 6.53. The van der Waals surface area contributed by atoms with E-state index in [9.17, 15) is 19.5 Å². The Morgan fingerprint density at radius 3 is 2.65 bits per heavy atom. The molecule has 2 aromatic carbocycles. The molecule has 0 unspecified atom stereocenters. The highest BCUT2D eigenvalue weighted by atomic mass is 16.5. The van der Waals surface area contributed by atoms with Crippen LogP contribution in [0.25, 0.3) is 0 Å². The third-order valence-electron chi connectivity index (χ3n) is 8.55. The first-order valence-corrected chi connectivity index (χ1v) is 13.3. The molecule has 3 amide bonds. The van der Waals surface area contributed by atoms with Gasteiger partial charge < -0.3 is 24.5 Å². The third kappa shape index (κ3) is 3.85. The van der Waals surface area contributed by atoms with Gasteiger partial charge in [-0.05, 0) is 43.0 Å². The summed E-state index contributed by atoms with van der Waals surface area (Å²) >= 11 is 0. The van der Waals surface area contributed by atoms with Gasteiger partial charge in [-0.2, -0.15) is 0 Å². The van der Waals surface area contributed by atoms with E-state index >= 15 is 0 Å². The summed E-state index contributed by atoms with van der Waals surface area (Å²) < 4.78 is 6.64. The summed E-state index contributed by atoms with van der Waals surface area (Å²) in [5.74, 6) is -0.216. The maximum atomic E-state index is 14.2. The third-order valence-corrected chi connectivity index (χ3v) is 8.55.